The van der Waals surface area contributed by atoms with Crippen molar-refractivity contribution >= 4 is 33.1 Å². The lowest BCUT2D eigenvalue weighted by Crippen LogP contribution is -2.09. The number of hydrogen-bond donors (Lipinski definition) is 2. The smallest absolute Gasteiger partial charge is 0.222 e. The molecule has 168 valence electrons. The number of methoxy groups -OCH3 is 2. The Kier molecular flexibility index (Phi) is 7.01. The minimum atomic E-state index is -3.57. The molecule has 3 aromatic rings. The van der Waals surface area contributed by atoms with Crippen LogP contribution in [0.15, 0.2) is 47.8 Å². The van der Waals surface area contributed by atoms with E-state index in [0.29, 0.717) is 35.1 Å². The van der Waals surface area contributed by atoms with Crippen LogP contribution in [0.25, 0.3) is 11.3 Å². The van der Waals surface area contributed by atoms with Crippen molar-refractivity contribution in [3.8, 4) is 17.0 Å². The van der Waals surface area contributed by atoms with E-state index in [-0.39, 0.29) is 16.8 Å². The zero-order valence-electron chi connectivity index (χ0n) is 18.0. The van der Waals surface area contributed by atoms with E-state index < -0.39 is 9.84 Å². The van der Waals surface area contributed by atoms with Crippen LogP contribution < -0.4 is 15.4 Å². The van der Waals surface area contributed by atoms with E-state index in [0.717, 1.165) is 11.8 Å². The summed E-state index contributed by atoms with van der Waals surface area (Å²) in [5.74, 6) is 0.591. The summed E-state index contributed by atoms with van der Waals surface area (Å²) in [6.07, 6.45) is 4.32. The number of aromatic nitrogens is 3. The van der Waals surface area contributed by atoms with Gasteiger partial charge in [-0.1, -0.05) is 6.07 Å². The fraction of sp³-hybridized carbons (Fsp3) is 0.238. The van der Waals surface area contributed by atoms with Gasteiger partial charge in [0.15, 0.2) is 14.9 Å². The van der Waals surface area contributed by atoms with Crippen LogP contribution >= 0.6 is 0 Å². The van der Waals surface area contributed by atoms with Crippen molar-refractivity contribution in [3.63, 3.8) is 0 Å². The molecule has 0 spiro atoms. The molecule has 10 nitrogen and oxygen atoms in total. The van der Waals surface area contributed by atoms with E-state index in [4.69, 9.17) is 9.47 Å². The SMILES string of the molecule is COCc1ccc(-c2cnc(NC(C)=O)cc2Nc2cc(OC)cc(S(C)(=O)=O)n2)nc1. The highest BCUT2D eigenvalue weighted by molar-refractivity contribution is 7.90. The number of ether oxygens (including phenoxy) is 2. The molecular formula is C21H23N5O5S. The number of amides is 1. The van der Waals surface area contributed by atoms with E-state index in [1.54, 1.807) is 31.6 Å². The Balaban J connectivity index is 2.08. The third-order valence-electron chi connectivity index (χ3n) is 4.27. The van der Waals surface area contributed by atoms with Crippen LogP contribution in [0.3, 0.4) is 0 Å². The summed E-state index contributed by atoms with van der Waals surface area (Å²) in [6.45, 7) is 1.81. The molecule has 3 aromatic heterocycles. The molecule has 11 heteroatoms. The molecule has 0 aliphatic carbocycles. The molecule has 32 heavy (non-hydrogen) atoms. The maximum Gasteiger partial charge on any atom is 0.222 e. The topological polar surface area (TPSA) is 132 Å². The van der Waals surface area contributed by atoms with Crippen LogP contribution in [0, 0.1) is 0 Å². The summed E-state index contributed by atoms with van der Waals surface area (Å²) >= 11 is 0. The first-order valence-corrected chi connectivity index (χ1v) is 11.3. The second kappa shape index (κ2) is 9.71. The van der Waals surface area contributed by atoms with E-state index in [1.807, 2.05) is 12.1 Å². The Morgan fingerprint density at radius 2 is 1.84 bits per heavy atom. The van der Waals surface area contributed by atoms with Gasteiger partial charge in [-0.2, -0.15) is 0 Å². The van der Waals surface area contributed by atoms with Gasteiger partial charge in [-0.15, -0.1) is 0 Å². The fourth-order valence-corrected chi connectivity index (χ4v) is 3.43. The maximum absolute atomic E-state index is 12.0. The van der Waals surface area contributed by atoms with Crippen molar-refractivity contribution in [2.45, 2.75) is 18.6 Å². The Morgan fingerprint density at radius 1 is 1.06 bits per heavy atom. The van der Waals surface area contributed by atoms with Crippen LogP contribution in [-0.2, 0) is 26.0 Å². The average Bonchev–Trinajstić information content (AvgIpc) is 2.73. The summed E-state index contributed by atoms with van der Waals surface area (Å²) in [4.78, 5) is 24.4. The number of nitrogens with one attached hydrogen (secondary N) is 2. The highest BCUT2D eigenvalue weighted by Gasteiger charge is 2.15. The number of pyridine rings is 3. The minimum absolute atomic E-state index is 0.140. The first-order chi connectivity index (χ1) is 15.2. The molecular weight excluding hydrogens is 434 g/mol. The number of anilines is 3. The van der Waals surface area contributed by atoms with Crippen molar-refractivity contribution in [1.29, 1.82) is 0 Å². The maximum atomic E-state index is 12.0. The van der Waals surface area contributed by atoms with Crippen LogP contribution in [0.1, 0.15) is 12.5 Å². The van der Waals surface area contributed by atoms with Gasteiger partial charge in [-0.05, 0) is 11.6 Å². The van der Waals surface area contributed by atoms with Gasteiger partial charge in [0.2, 0.25) is 5.91 Å². The first kappa shape index (κ1) is 23.1. The second-order valence-corrected chi connectivity index (χ2v) is 8.87. The summed E-state index contributed by atoms with van der Waals surface area (Å²) in [5, 5.41) is 5.59. The van der Waals surface area contributed by atoms with Crippen molar-refractivity contribution < 1.29 is 22.7 Å². The average molecular weight is 458 g/mol. The van der Waals surface area contributed by atoms with Gasteiger partial charge in [-0.25, -0.2) is 18.4 Å². The van der Waals surface area contributed by atoms with Crippen LogP contribution in [-0.4, -0.2) is 49.8 Å². The highest BCUT2D eigenvalue weighted by Crippen LogP contribution is 2.31. The molecule has 0 saturated heterocycles. The van der Waals surface area contributed by atoms with Crippen LogP contribution in [0.5, 0.6) is 5.75 Å². The lowest BCUT2D eigenvalue weighted by atomic mass is 10.1. The number of sulfone groups is 1. The molecule has 0 atom stereocenters. The largest absolute Gasteiger partial charge is 0.497 e. The quantitative estimate of drug-likeness (QED) is 0.524. The molecule has 0 fully saturated rings. The number of nitrogens with zero attached hydrogens (tertiary/aromatic N) is 3. The van der Waals surface area contributed by atoms with Gasteiger partial charge in [0, 0.05) is 56.4 Å². The molecule has 1 amide bonds. The zero-order chi connectivity index (χ0) is 23.3. The van der Waals surface area contributed by atoms with Gasteiger partial charge in [-0.3, -0.25) is 9.78 Å². The standard InChI is InChI=1S/C21H23N5O5S/c1-13(27)24-19-9-18(16(11-23-19)17-6-5-14(10-22-17)12-30-2)25-20-7-15(31-3)8-21(26-20)32(4,28)29/h5-11H,12H2,1-4H3,(H2,23,24,25,26,27). The highest BCUT2D eigenvalue weighted by atomic mass is 32.2. The predicted octanol–water partition coefficient (Wildman–Crippen LogP) is 2.80. The fourth-order valence-electron chi connectivity index (χ4n) is 2.84. The van der Waals surface area contributed by atoms with Crippen LogP contribution in [0.4, 0.5) is 17.3 Å². The molecule has 0 aliphatic rings. The monoisotopic (exact) mass is 457 g/mol. The summed E-state index contributed by atoms with van der Waals surface area (Å²) in [5.41, 5.74) is 2.64. The van der Waals surface area contributed by atoms with Crippen molar-refractivity contribution in [2.24, 2.45) is 0 Å². The van der Waals surface area contributed by atoms with E-state index in [9.17, 15) is 13.2 Å². The molecule has 0 radical (unpaired) electrons. The van der Waals surface area contributed by atoms with Crippen molar-refractivity contribution in [2.75, 3.05) is 31.1 Å². The lowest BCUT2D eigenvalue weighted by Gasteiger charge is -2.14. The number of carbonyl (C=O) groups is 1. The molecule has 0 aromatic carbocycles. The number of rotatable bonds is 8. The lowest BCUT2D eigenvalue weighted by molar-refractivity contribution is -0.114. The minimum Gasteiger partial charge on any atom is -0.497 e. The van der Waals surface area contributed by atoms with Crippen molar-refractivity contribution in [3.05, 3.63) is 48.3 Å². The molecule has 2 N–H and O–H groups in total. The molecule has 0 aliphatic heterocycles. The third-order valence-corrected chi connectivity index (χ3v) is 5.24. The third kappa shape index (κ3) is 5.77. The van der Waals surface area contributed by atoms with E-state index in [1.165, 1.54) is 20.1 Å². The van der Waals surface area contributed by atoms with Gasteiger partial charge in [0.05, 0.1) is 25.1 Å². The first-order valence-electron chi connectivity index (χ1n) is 9.44. The predicted molar refractivity (Wildman–Crippen MR) is 120 cm³/mol. The number of carbonyl (C=O) groups excluding carboxylic acids is 1. The zero-order valence-corrected chi connectivity index (χ0v) is 18.9. The second-order valence-electron chi connectivity index (χ2n) is 6.91. The summed E-state index contributed by atoms with van der Waals surface area (Å²) in [6, 6.07) is 8.21. The van der Waals surface area contributed by atoms with E-state index >= 15 is 0 Å². The normalized spacial score (nSPS) is 11.1. The van der Waals surface area contributed by atoms with Crippen LogP contribution in [0.2, 0.25) is 0 Å². The van der Waals surface area contributed by atoms with Crippen molar-refractivity contribution in [1.82, 2.24) is 15.0 Å². The Bertz CT molecular complexity index is 1230. The molecule has 3 heterocycles. The summed E-state index contributed by atoms with van der Waals surface area (Å²) < 4.78 is 34.4. The Labute approximate surface area is 186 Å². The molecule has 0 unspecified atom stereocenters. The van der Waals surface area contributed by atoms with Gasteiger partial charge < -0.3 is 20.1 Å². The van der Waals surface area contributed by atoms with Gasteiger partial charge >= 0.3 is 0 Å². The van der Waals surface area contributed by atoms with E-state index in [2.05, 4.69) is 25.6 Å². The van der Waals surface area contributed by atoms with Gasteiger partial charge in [0.25, 0.3) is 0 Å². The Morgan fingerprint density at radius 3 is 2.44 bits per heavy atom. The van der Waals surface area contributed by atoms with Gasteiger partial charge in [0.1, 0.15) is 17.4 Å². The molecule has 0 bridgehead atoms. The Hall–Kier alpha value is -3.57. The number of hydrogen-bond acceptors (Lipinski definition) is 9. The molecule has 3 rings (SSSR count). The molecule has 0 saturated carbocycles. The summed E-state index contributed by atoms with van der Waals surface area (Å²) in [7, 11) is -0.534.